The van der Waals surface area contributed by atoms with Crippen molar-refractivity contribution in [3.8, 4) is 11.5 Å². The van der Waals surface area contributed by atoms with Crippen LogP contribution in [0.4, 0.5) is 22.0 Å². The van der Waals surface area contributed by atoms with E-state index in [4.69, 9.17) is 5.11 Å². The van der Waals surface area contributed by atoms with Crippen molar-refractivity contribution in [1.82, 2.24) is 0 Å². The molecule has 0 amide bonds. The Kier molecular flexibility index (Phi) is 3.13. The second kappa shape index (κ2) is 4.16. The summed E-state index contributed by atoms with van der Waals surface area (Å²) in [5.74, 6) is -5.12. The topological polar surface area (TPSA) is 29.5 Å². The Morgan fingerprint density at radius 2 is 1.53 bits per heavy atom. The minimum absolute atomic E-state index is 0.391. The zero-order chi connectivity index (χ0) is 11.6. The molecule has 0 fully saturated rings. The number of rotatable bonds is 2. The predicted octanol–water partition coefficient (Wildman–Crippen LogP) is 3.08. The van der Waals surface area contributed by atoms with Crippen molar-refractivity contribution < 1.29 is 31.8 Å². The summed E-state index contributed by atoms with van der Waals surface area (Å²) in [5, 5.41) is 8.67. The smallest absolute Gasteiger partial charge is 0.344 e. The molecule has 2 nitrogen and oxygen atoms in total. The normalized spacial score (nSPS) is 9.93. The number of phenolic OH excluding ortho intramolecular Hbond substituents is 1. The van der Waals surface area contributed by atoms with Crippen molar-refractivity contribution in [2.75, 3.05) is 0 Å². The summed E-state index contributed by atoms with van der Waals surface area (Å²) in [5.41, 5.74) is 0. The molecule has 0 aliphatic carbocycles. The van der Waals surface area contributed by atoms with Crippen LogP contribution >= 0.6 is 0 Å². The average molecular weight is 226 g/mol. The first-order chi connectivity index (χ1) is 6.91. The van der Waals surface area contributed by atoms with E-state index in [0.717, 1.165) is 0 Å². The van der Waals surface area contributed by atoms with Gasteiger partial charge in [-0.05, 0) is 0 Å². The molecule has 0 heterocycles. The van der Waals surface area contributed by atoms with Crippen molar-refractivity contribution in [3.63, 3.8) is 0 Å². The first kappa shape index (κ1) is 11.3. The van der Waals surface area contributed by atoms with E-state index < -0.39 is 35.2 Å². The highest BCUT2D eigenvalue weighted by Crippen LogP contribution is 2.28. The fourth-order valence-corrected chi connectivity index (χ4v) is 0.772. The Balaban J connectivity index is 3.11. The standard InChI is InChI=1S/C8H3F5O2/c9-4-1-3(14)2-5(10)6(4)15-8(13)7(11)12/h1-2,14H. The fraction of sp³-hybridized carbons (Fsp3) is 0. The van der Waals surface area contributed by atoms with Crippen LogP contribution in [0.5, 0.6) is 11.5 Å². The van der Waals surface area contributed by atoms with Crippen LogP contribution < -0.4 is 4.74 Å². The average Bonchev–Trinajstić information content (AvgIpc) is 2.10. The van der Waals surface area contributed by atoms with Gasteiger partial charge in [-0.1, -0.05) is 0 Å². The van der Waals surface area contributed by atoms with Gasteiger partial charge in [0.2, 0.25) is 5.75 Å². The molecule has 0 aromatic heterocycles. The second-order valence-corrected chi connectivity index (χ2v) is 2.37. The third-order valence-corrected chi connectivity index (χ3v) is 1.32. The predicted molar refractivity (Wildman–Crippen MR) is 39.0 cm³/mol. The maximum atomic E-state index is 12.8. The number of hydrogen-bond acceptors (Lipinski definition) is 2. The molecule has 0 saturated carbocycles. The van der Waals surface area contributed by atoms with E-state index in [1.165, 1.54) is 0 Å². The van der Waals surface area contributed by atoms with Gasteiger partial charge in [0.15, 0.2) is 11.6 Å². The molecule has 0 atom stereocenters. The summed E-state index contributed by atoms with van der Waals surface area (Å²) >= 11 is 0. The summed E-state index contributed by atoms with van der Waals surface area (Å²) in [4.78, 5) is 0. The number of phenols is 1. The molecule has 1 aromatic rings. The molecule has 0 radical (unpaired) electrons. The van der Waals surface area contributed by atoms with Gasteiger partial charge in [-0.3, -0.25) is 0 Å². The van der Waals surface area contributed by atoms with Crippen LogP contribution in [0.25, 0.3) is 0 Å². The second-order valence-electron chi connectivity index (χ2n) is 2.37. The molecule has 0 aliphatic heterocycles. The Labute approximate surface area is 80.2 Å². The summed E-state index contributed by atoms with van der Waals surface area (Å²) in [7, 11) is 0. The SMILES string of the molecule is Oc1cc(F)c(OC(F)=C(F)F)c(F)c1. The van der Waals surface area contributed by atoms with Crippen LogP contribution in [0.2, 0.25) is 0 Å². The number of aromatic hydroxyl groups is 1. The maximum absolute atomic E-state index is 12.8. The van der Waals surface area contributed by atoms with Crippen LogP contribution in [0.1, 0.15) is 0 Å². The molecule has 82 valence electrons. The lowest BCUT2D eigenvalue weighted by atomic mass is 10.3. The number of benzene rings is 1. The molecule has 0 saturated heterocycles. The maximum Gasteiger partial charge on any atom is 0.344 e. The Bertz CT molecular complexity index is 388. The molecule has 1 N–H and O–H groups in total. The van der Waals surface area contributed by atoms with Crippen LogP contribution in [0.3, 0.4) is 0 Å². The summed E-state index contributed by atoms with van der Waals surface area (Å²) in [6.07, 6.45) is -2.85. The van der Waals surface area contributed by atoms with E-state index in [2.05, 4.69) is 4.74 Å². The van der Waals surface area contributed by atoms with Gasteiger partial charge >= 0.3 is 12.1 Å². The molecule has 0 spiro atoms. The summed E-state index contributed by atoms with van der Waals surface area (Å²) < 4.78 is 64.4. The largest absolute Gasteiger partial charge is 0.508 e. The third kappa shape index (κ3) is 2.58. The lowest BCUT2D eigenvalue weighted by Gasteiger charge is -2.05. The Morgan fingerprint density at radius 3 is 1.93 bits per heavy atom. The van der Waals surface area contributed by atoms with Gasteiger partial charge in [0.05, 0.1) is 0 Å². The summed E-state index contributed by atoms with van der Waals surface area (Å²) in [6.45, 7) is 0. The fourth-order valence-electron chi connectivity index (χ4n) is 0.772. The van der Waals surface area contributed by atoms with E-state index in [-0.39, 0.29) is 0 Å². The van der Waals surface area contributed by atoms with Gasteiger partial charge in [0, 0.05) is 12.1 Å². The van der Waals surface area contributed by atoms with Crippen molar-refractivity contribution in [3.05, 3.63) is 35.9 Å². The quantitative estimate of drug-likeness (QED) is 0.620. The zero-order valence-electron chi connectivity index (χ0n) is 6.90. The number of hydrogen-bond donors (Lipinski definition) is 1. The zero-order valence-corrected chi connectivity index (χ0v) is 6.90. The monoisotopic (exact) mass is 226 g/mol. The van der Waals surface area contributed by atoms with Crippen molar-refractivity contribution in [1.29, 1.82) is 0 Å². The molecule has 0 aliphatic rings. The molecular formula is C8H3F5O2. The molecule has 0 bridgehead atoms. The minimum Gasteiger partial charge on any atom is -0.508 e. The van der Waals surface area contributed by atoms with Crippen LogP contribution in [-0.2, 0) is 0 Å². The highest BCUT2D eigenvalue weighted by molar-refractivity contribution is 5.34. The van der Waals surface area contributed by atoms with Crippen LogP contribution in [0, 0.1) is 11.6 Å². The molecular weight excluding hydrogens is 223 g/mol. The van der Waals surface area contributed by atoms with Crippen LogP contribution in [0.15, 0.2) is 24.2 Å². The molecule has 7 heteroatoms. The van der Waals surface area contributed by atoms with Gasteiger partial charge in [-0.25, -0.2) is 8.78 Å². The minimum atomic E-state index is -2.85. The number of ether oxygens (including phenoxy) is 1. The van der Waals surface area contributed by atoms with Crippen molar-refractivity contribution in [2.24, 2.45) is 0 Å². The van der Waals surface area contributed by atoms with Crippen LogP contribution in [-0.4, -0.2) is 5.11 Å². The van der Waals surface area contributed by atoms with Gasteiger partial charge in [0.25, 0.3) is 0 Å². The Morgan fingerprint density at radius 1 is 1.07 bits per heavy atom. The van der Waals surface area contributed by atoms with E-state index >= 15 is 0 Å². The van der Waals surface area contributed by atoms with E-state index in [1.807, 2.05) is 0 Å². The Hall–Kier alpha value is -1.79. The van der Waals surface area contributed by atoms with E-state index in [1.54, 1.807) is 0 Å². The first-order valence-electron chi connectivity index (χ1n) is 3.48. The van der Waals surface area contributed by atoms with Crippen molar-refractivity contribution >= 4 is 0 Å². The highest BCUT2D eigenvalue weighted by atomic mass is 19.3. The van der Waals surface area contributed by atoms with Crippen molar-refractivity contribution in [2.45, 2.75) is 0 Å². The van der Waals surface area contributed by atoms with Gasteiger partial charge in [0.1, 0.15) is 5.75 Å². The lowest BCUT2D eigenvalue weighted by Crippen LogP contribution is -1.96. The molecule has 1 rings (SSSR count). The van der Waals surface area contributed by atoms with Gasteiger partial charge < -0.3 is 9.84 Å². The third-order valence-electron chi connectivity index (χ3n) is 1.32. The molecule has 15 heavy (non-hydrogen) atoms. The highest BCUT2D eigenvalue weighted by Gasteiger charge is 2.17. The lowest BCUT2D eigenvalue weighted by molar-refractivity contribution is 0.226. The molecule has 0 unspecified atom stereocenters. The summed E-state index contributed by atoms with van der Waals surface area (Å²) in [6, 6.07) is -1.62. The molecule has 1 aromatic carbocycles. The van der Waals surface area contributed by atoms with E-state index in [0.29, 0.717) is 12.1 Å². The van der Waals surface area contributed by atoms with E-state index in [9.17, 15) is 22.0 Å². The van der Waals surface area contributed by atoms with Gasteiger partial charge in [-0.15, -0.1) is 0 Å². The first-order valence-corrected chi connectivity index (χ1v) is 3.48. The van der Waals surface area contributed by atoms with Gasteiger partial charge in [-0.2, -0.15) is 13.2 Å². The number of halogens is 5.